The summed E-state index contributed by atoms with van der Waals surface area (Å²) < 4.78 is 19.0. The van der Waals surface area contributed by atoms with Gasteiger partial charge < -0.3 is 0 Å². The van der Waals surface area contributed by atoms with Crippen molar-refractivity contribution in [3.63, 3.8) is 0 Å². The zero-order chi connectivity index (χ0) is 19.2. The summed E-state index contributed by atoms with van der Waals surface area (Å²) in [4.78, 5) is 12.1. The fourth-order valence-electron chi connectivity index (χ4n) is 3.40. The zero-order valence-corrected chi connectivity index (χ0v) is 17.1. The van der Waals surface area contributed by atoms with Crippen LogP contribution in [-0.2, 0) is 22.2 Å². The van der Waals surface area contributed by atoms with Crippen molar-refractivity contribution in [2.24, 2.45) is 11.8 Å². The number of carbonyl (C=O) groups is 1. The van der Waals surface area contributed by atoms with Crippen LogP contribution in [-0.4, -0.2) is 12.6 Å². The monoisotopic (exact) mass is 411 g/mol. The van der Waals surface area contributed by atoms with E-state index in [9.17, 15) is 8.66 Å². The third-order valence-corrected chi connectivity index (χ3v) is 7.23. The van der Waals surface area contributed by atoms with Gasteiger partial charge in [0.15, 0.2) is 0 Å². The van der Waals surface area contributed by atoms with Crippen molar-refractivity contribution in [3.05, 3.63) is 65.2 Å². The molecule has 1 aliphatic carbocycles. The molecule has 0 spiro atoms. The van der Waals surface area contributed by atoms with Gasteiger partial charge >= 0.3 is 159 Å². The second kappa shape index (κ2) is 9.42. The average Bonchev–Trinajstić information content (AvgIpc) is 2.68. The Morgan fingerprint density at radius 1 is 0.889 bits per heavy atom. The third-order valence-electron chi connectivity index (χ3n) is 5.23. The van der Waals surface area contributed by atoms with Gasteiger partial charge in [-0.3, -0.25) is 0 Å². The SMILES string of the molecule is Cc1ccc(C(=O)OCC2CCC([CH2][Co](=[O])[c]3ccc(C)cc3)CC2)cc1. The summed E-state index contributed by atoms with van der Waals surface area (Å²) in [6, 6.07) is 15.5. The predicted octanol–water partition coefficient (Wildman–Crippen LogP) is 4.97. The van der Waals surface area contributed by atoms with Gasteiger partial charge in [0, 0.05) is 0 Å². The van der Waals surface area contributed by atoms with E-state index in [0.29, 0.717) is 24.0 Å². The molecule has 2 aromatic rings. The normalized spacial score (nSPS) is 20.1. The summed E-state index contributed by atoms with van der Waals surface area (Å²) >= 11 is -1.29. The maximum atomic E-state index is 12.6. The summed E-state index contributed by atoms with van der Waals surface area (Å²) in [5.41, 5.74) is 2.94. The number of carbonyl (C=O) groups excluding carboxylic acids is 1. The van der Waals surface area contributed by atoms with Gasteiger partial charge in [-0.05, 0) is 6.92 Å². The van der Waals surface area contributed by atoms with Gasteiger partial charge in [0.05, 0.1) is 0 Å². The molecule has 147 valence electrons. The summed E-state index contributed by atoms with van der Waals surface area (Å²) in [6.07, 6.45) is 4.23. The second-order valence-electron chi connectivity index (χ2n) is 7.54. The molecule has 0 heterocycles. The van der Waals surface area contributed by atoms with E-state index in [4.69, 9.17) is 4.74 Å². The van der Waals surface area contributed by atoms with Crippen molar-refractivity contribution in [2.75, 3.05) is 6.61 Å². The summed E-state index contributed by atoms with van der Waals surface area (Å²) in [6.45, 7) is 4.53. The van der Waals surface area contributed by atoms with Crippen molar-refractivity contribution in [3.8, 4) is 0 Å². The van der Waals surface area contributed by atoms with E-state index in [2.05, 4.69) is 0 Å². The molecule has 2 aromatic carbocycles. The van der Waals surface area contributed by atoms with Crippen LogP contribution in [0.3, 0.4) is 0 Å². The molecule has 0 radical (unpaired) electrons. The zero-order valence-electron chi connectivity index (χ0n) is 16.1. The number of aryl methyl sites for hydroxylation is 2. The molecule has 1 saturated carbocycles. The van der Waals surface area contributed by atoms with E-state index in [1.165, 1.54) is 5.56 Å². The molecule has 0 saturated heterocycles. The molecule has 0 atom stereocenters. The van der Waals surface area contributed by atoms with E-state index in [0.717, 1.165) is 41.1 Å². The molecule has 1 aliphatic rings. The molecule has 0 aromatic heterocycles. The van der Waals surface area contributed by atoms with Crippen LogP contribution < -0.4 is 4.50 Å². The Hall–Kier alpha value is -1.78. The topological polar surface area (TPSA) is 43.4 Å². The number of benzene rings is 2. The summed E-state index contributed by atoms with van der Waals surface area (Å²) in [7, 11) is 0. The molecule has 1 fully saturated rings. The van der Waals surface area contributed by atoms with Crippen LogP contribution in [0.25, 0.3) is 0 Å². The first kappa shape index (κ1) is 20.0. The third kappa shape index (κ3) is 5.85. The Balaban J connectivity index is 1.41. The first-order valence-electron chi connectivity index (χ1n) is 9.58. The fourth-order valence-corrected chi connectivity index (χ4v) is 5.18. The maximum absolute atomic E-state index is 12.6. The number of hydrogen-bond acceptors (Lipinski definition) is 3. The van der Waals surface area contributed by atoms with Crippen LogP contribution in [0.5, 0.6) is 0 Å². The predicted molar refractivity (Wildman–Crippen MR) is 103 cm³/mol. The first-order valence-corrected chi connectivity index (χ1v) is 11.3. The van der Waals surface area contributed by atoms with Crippen molar-refractivity contribution in [1.82, 2.24) is 0 Å². The van der Waals surface area contributed by atoms with E-state index in [1.54, 1.807) is 0 Å². The molecule has 0 aliphatic heterocycles. The number of rotatable bonds is 6. The molecular weight excluding hydrogens is 383 g/mol. The van der Waals surface area contributed by atoms with Crippen molar-refractivity contribution < 1.29 is 27.0 Å². The van der Waals surface area contributed by atoms with Crippen molar-refractivity contribution >= 4 is 10.5 Å². The Labute approximate surface area is 166 Å². The summed E-state index contributed by atoms with van der Waals surface area (Å²) in [5.74, 6) is 0.699. The Kier molecular flexibility index (Phi) is 6.97. The fraction of sp³-hybridized carbons (Fsp3) is 0.435. The van der Waals surface area contributed by atoms with Gasteiger partial charge in [0.25, 0.3) is 0 Å². The Morgan fingerprint density at radius 2 is 1.41 bits per heavy atom. The van der Waals surface area contributed by atoms with E-state index in [-0.39, 0.29) is 5.97 Å². The number of hydrogen-bond donors (Lipinski definition) is 0. The van der Waals surface area contributed by atoms with E-state index in [1.807, 2.05) is 62.4 Å². The molecule has 3 nitrogen and oxygen atoms in total. The standard InChI is InChI=1S/C16H21O2.C7H7.Co.O/c1-12-3-7-14(8-4-12)11-18-16(17)15-9-5-13(2)6-10-15;1-7-5-3-2-4-6-7;;/h5-6,9-10,12,14H,1,3-4,7-8,11H2,2H3;3-6H,1H3;;. The van der Waals surface area contributed by atoms with Gasteiger partial charge in [-0.2, -0.15) is 0 Å². The van der Waals surface area contributed by atoms with Crippen LogP contribution >= 0.6 is 0 Å². The minimum absolute atomic E-state index is 0.237. The van der Waals surface area contributed by atoms with Gasteiger partial charge in [-0.15, -0.1) is 0 Å². The molecule has 0 N–H and O–H groups in total. The Bertz CT molecular complexity index is 772. The van der Waals surface area contributed by atoms with Gasteiger partial charge in [0.1, 0.15) is 0 Å². The molecule has 27 heavy (non-hydrogen) atoms. The van der Waals surface area contributed by atoms with Crippen LogP contribution in [0.4, 0.5) is 0 Å². The molecule has 0 amide bonds. The van der Waals surface area contributed by atoms with Crippen molar-refractivity contribution in [1.29, 1.82) is 0 Å². The summed E-state index contributed by atoms with van der Waals surface area (Å²) in [5, 5.41) is 0.770. The number of ether oxygens (including phenoxy) is 1. The van der Waals surface area contributed by atoms with E-state index < -0.39 is 13.6 Å². The molecular formula is C23H28CoO3. The Morgan fingerprint density at radius 3 is 2.00 bits per heavy atom. The van der Waals surface area contributed by atoms with Crippen LogP contribution in [0.15, 0.2) is 48.5 Å². The molecule has 3 rings (SSSR count). The number of esters is 1. The van der Waals surface area contributed by atoms with Crippen molar-refractivity contribution in [2.45, 2.75) is 44.9 Å². The molecule has 0 bridgehead atoms. The molecule has 0 unspecified atom stereocenters. The van der Waals surface area contributed by atoms with Crippen LogP contribution in [0.1, 0.15) is 47.2 Å². The second-order valence-corrected chi connectivity index (χ2v) is 9.45. The molecule has 4 heteroatoms. The van der Waals surface area contributed by atoms with Crippen LogP contribution in [0, 0.1) is 25.7 Å². The van der Waals surface area contributed by atoms with Gasteiger partial charge in [-0.25, -0.2) is 0 Å². The quantitative estimate of drug-likeness (QED) is 0.630. The minimum atomic E-state index is -1.29. The van der Waals surface area contributed by atoms with Gasteiger partial charge in [-0.1, -0.05) is 0 Å². The van der Waals surface area contributed by atoms with Gasteiger partial charge in [0.2, 0.25) is 0 Å². The van der Waals surface area contributed by atoms with Crippen LogP contribution in [0.2, 0.25) is 5.36 Å². The average molecular weight is 411 g/mol. The first-order chi connectivity index (χ1) is 13.0. The van der Waals surface area contributed by atoms with E-state index >= 15 is 0 Å².